The molecule has 1 aliphatic heterocycles. The number of hydrogen-bond acceptors (Lipinski definition) is 8. The number of aliphatic carboxylic acids is 2. The number of para-hydroxylation sites is 1. The Kier molecular flexibility index (Phi) is 11.4. The standard InChI is InChI=1S/C34H31Cl2FN4O9/c1-19-24(35)6-3-8-29(19)48-11-12-50-34(47)41-9-4-10-49-31-22(5-2-7-28(31)41)21-16-38-40(17-21)18-23-25(36)13-20(14-26(23)37)32(44)39-27(33(45)46)15-30(42)43/h2-3,5-8,13-14,16-17,27H,4,9-12,15,18H2,1H3,(H,39,44)(H,42,43)(H,45,46)/t27-/m0/s1. The molecule has 0 spiro atoms. The number of carboxylic acid groups (broad SMARTS) is 2. The van der Waals surface area contributed by atoms with Crippen LogP contribution < -0.4 is 19.7 Å². The molecule has 3 N–H and O–H groups in total. The maximum absolute atomic E-state index is 15.2. The van der Waals surface area contributed by atoms with E-state index in [1.54, 1.807) is 48.8 Å². The Morgan fingerprint density at radius 1 is 1.08 bits per heavy atom. The van der Waals surface area contributed by atoms with Gasteiger partial charge in [0.1, 0.15) is 30.8 Å². The van der Waals surface area contributed by atoms with Crippen LogP contribution in [0.1, 0.15) is 34.3 Å². The van der Waals surface area contributed by atoms with Gasteiger partial charge in [-0.15, -0.1) is 0 Å². The quantitative estimate of drug-likeness (QED) is 0.151. The Balaban J connectivity index is 1.28. The number of carbonyl (C=O) groups excluding carboxylic acids is 2. The van der Waals surface area contributed by atoms with Crippen LogP contribution >= 0.6 is 23.2 Å². The molecule has 13 nitrogen and oxygen atoms in total. The second kappa shape index (κ2) is 15.9. The third kappa shape index (κ3) is 8.44. The number of halogens is 3. The highest BCUT2D eigenvalue weighted by Crippen LogP contribution is 2.40. The van der Waals surface area contributed by atoms with Crippen LogP contribution in [-0.4, -0.2) is 76.3 Å². The number of nitrogens with zero attached hydrogens (tertiary/aromatic N) is 3. The van der Waals surface area contributed by atoms with Crippen LogP contribution in [0.2, 0.25) is 10.0 Å². The molecule has 50 heavy (non-hydrogen) atoms. The number of amides is 2. The van der Waals surface area contributed by atoms with E-state index in [2.05, 4.69) is 10.4 Å². The molecule has 0 fully saturated rings. The summed E-state index contributed by atoms with van der Waals surface area (Å²) in [6.45, 7) is 2.52. The van der Waals surface area contributed by atoms with Crippen LogP contribution in [0.25, 0.3) is 11.1 Å². The zero-order chi connectivity index (χ0) is 35.9. The minimum absolute atomic E-state index is 0.00227. The van der Waals surface area contributed by atoms with Crippen LogP contribution in [-0.2, 0) is 20.9 Å². The van der Waals surface area contributed by atoms with E-state index in [9.17, 15) is 24.3 Å². The number of benzene rings is 3. The van der Waals surface area contributed by atoms with Gasteiger partial charge in [-0.05, 0) is 43.7 Å². The highest BCUT2D eigenvalue weighted by atomic mass is 35.5. The van der Waals surface area contributed by atoms with Gasteiger partial charge >= 0.3 is 18.0 Å². The van der Waals surface area contributed by atoms with Gasteiger partial charge in [-0.2, -0.15) is 5.10 Å². The van der Waals surface area contributed by atoms with Gasteiger partial charge in [0.05, 0.1) is 31.5 Å². The molecule has 0 saturated heterocycles. The van der Waals surface area contributed by atoms with Crippen LogP contribution in [0.5, 0.6) is 11.5 Å². The Hall–Kier alpha value is -5.34. The average Bonchev–Trinajstić information content (AvgIpc) is 3.43. The smallest absolute Gasteiger partial charge is 0.414 e. The lowest BCUT2D eigenvalue weighted by atomic mass is 10.1. The number of fused-ring (bicyclic) bond motifs is 1. The predicted octanol–water partition coefficient (Wildman–Crippen LogP) is 5.81. The Bertz CT molecular complexity index is 1910. The van der Waals surface area contributed by atoms with Crippen molar-refractivity contribution in [2.75, 3.05) is 31.3 Å². The molecule has 0 bridgehead atoms. The first-order chi connectivity index (χ1) is 23.9. The lowest BCUT2D eigenvalue weighted by Crippen LogP contribution is -2.42. The zero-order valence-corrected chi connectivity index (χ0v) is 28.0. The second-order valence-corrected chi connectivity index (χ2v) is 12.0. The molecule has 1 aromatic heterocycles. The van der Waals surface area contributed by atoms with Gasteiger partial charge in [-0.1, -0.05) is 41.4 Å². The molecule has 2 amide bonds. The second-order valence-electron chi connectivity index (χ2n) is 11.1. The van der Waals surface area contributed by atoms with Crippen molar-refractivity contribution < 1.29 is 48.0 Å². The minimum atomic E-state index is -1.72. The normalized spacial score (nSPS) is 13.0. The van der Waals surface area contributed by atoms with Crippen molar-refractivity contribution in [1.82, 2.24) is 15.1 Å². The lowest BCUT2D eigenvalue weighted by Gasteiger charge is -2.22. The molecule has 16 heteroatoms. The van der Waals surface area contributed by atoms with Gasteiger partial charge in [0, 0.05) is 50.6 Å². The maximum Gasteiger partial charge on any atom is 0.414 e. The molecule has 1 aliphatic rings. The number of carbonyl (C=O) groups is 4. The van der Waals surface area contributed by atoms with Gasteiger partial charge in [0.15, 0.2) is 5.75 Å². The van der Waals surface area contributed by atoms with Crippen molar-refractivity contribution >= 4 is 52.8 Å². The summed E-state index contributed by atoms with van der Waals surface area (Å²) in [5, 5.41) is 24.9. The highest BCUT2D eigenvalue weighted by Gasteiger charge is 2.27. The number of ether oxygens (including phenoxy) is 3. The average molecular weight is 730 g/mol. The predicted molar refractivity (Wildman–Crippen MR) is 180 cm³/mol. The number of rotatable bonds is 12. The summed E-state index contributed by atoms with van der Waals surface area (Å²) in [5.41, 5.74) is 2.24. The SMILES string of the molecule is Cc1c(Cl)cccc1OCCOC(=O)N1CCCOc2c(-c3cnn(Cc4c(F)cc(C(=O)N[C@@H](CC(=O)O)C(=O)O)cc4Cl)c3)cccc21. The number of carboxylic acids is 2. The summed E-state index contributed by atoms with van der Waals surface area (Å²) in [7, 11) is 0. The summed E-state index contributed by atoms with van der Waals surface area (Å²) < 4.78 is 34.0. The Morgan fingerprint density at radius 2 is 1.86 bits per heavy atom. The fourth-order valence-electron chi connectivity index (χ4n) is 5.18. The van der Waals surface area contributed by atoms with Crippen molar-refractivity contribution in [3.8, 4) is 22.6 Å². The van der Waals surface area contributed by atoms with Crippen molar-refractivity contribution in [3.05, 3.63) is 93.5 Å². The number of anilines is 1. The molecule has 0 unspecified atom stereocenters. The summed E-state index contributed by atoms with van der Waals surface area (Å²) in [5.74, 6) is -3.81. The van der Waals surface area contributed by atoms with Gasteiger partial charge < -0.3 is 29.7 Å². The zero-order valence-electron chi connectivity index (χ0n) is 26.5. The van der Waals surface area contributed by atoms with Crippen molar-refractivity contribution in [3.63, 3.8) is 0 Å². The number of nitrogens with one attached hydrogen (secondary N) is 1. The van der Waals surface area contributed by atoms with E-state index in [1.165, 1.54) is 9.58 Å². The summed E-state index contributed by atoms with van der Waals surface area (Å²) in [6.07, 6.45) is 2.29. The topological polar surface area (TPSA) is 170 Å². The van der Waals surface area contributed by atoms with Crippen LogP contribution in [0.3, 0.4) is 0 Å². The Morgan fingerprint density at radius 3 is 2.60 bits per heavy atom. The number of hydrogen-bond donors (Lipinski definition) is 3. The third-order valence-corrected chi connectivity index (χ3v) is 8.46. The van der Waals surface area contributed by atoms with E-state index >= 15 is 4.39 Å². The molecule has 262 valence electrons. The van der Waals surface area contributed by atoms with E-state index in [0.29, 0.717) is 52.9 Å². The molecule has 5 rings (SSSR count). The summed E-state index contributed by atoms with van der Waals surface area (Å²) >= 11 is 12.5. The highest BCUT2D eigenvalue weighted by molar-refractivity contribution is 6.32. The lowest BCUT2D eigenvalue weighted by molar-refractivity contribution is -0.145. The largest absolute Gasteiger partial charge is 0.491 e. The molecular formula is C34H31Cl2FN4O9. The monoisotopic (exact) mass is 728 g/mol. The van der Waals surface area contributed by atoms with Gasteiger partial charge in [-0.3, -0.25) is 19.2 Å². The molecule has 0 saturated carbocycles. The van der Waals surface area contributed by atoms with Crippen molar-refractivity contribution in [2.24, 2.45) is 0 Å². The fourth-order valence-corrected chi connectivity index (χ4v) is 5.61. The van der Waals surface area contributed by atoms with Crippen LogP contribution in [0.4, 0.5) is 14.9 Å². The number of aromatic nitrogens is 2. The molecular weight excluding hydrogens is 698 g/mol. The van der Waals surface area contributed by atoms with Gasteiger partial charge in [0.25, 0.3) is 5.91 Å². The van der Waals surface area contributed by atoms with E-state index in [4.69, 9.17) is 42.5 Å². The molecule has 0 radical (unpaired) electrons. The molecule has 0 aliphatic carbocycles. The van der Waals surface area contributed by atoms with E-state index in [1.807, 2.05) is 6.92 Å². The molecule has 4 aromatic rings. The van der Waals surface area contributed by atoms with Crippen molar-refractivity contribution in [1.29, 1.82) is 0 Å². The van der Waals surface area contributed by atoms with E-state index in [-0.39, 0.29) is 35.9 Å². The van der Waals surface area contributed by atoms with Gasteiger partial charge in [0.2, 0.25) is 0 Å². The molecule has 1 atom stereocenters. The summed E-state index contributed by atoms with van der Waals surface area (Å²) in [4.78, 5) is 49.5. The third-order valence-electron chi connectivity index (χ3n) is 7.71. The maximum atomic E-state index is 15.2. The van der Waals surface area contributed by atoms with Crippen LogP contribution in [0.15, 0.2) is 60.9 Å². The molecule has 3 aromatic carbocycles. The van der Waals surface area contributed by atoms with E-state index < -0.39 is 42.2 Å². The molecule has 2 heterocycles. The van der Waals surface area contributed by atoms with Crippen molar-refractivity contribution in [2.45, 2.75) is 32.4 Å². The Labute approximate surface area is 295 Å². The first kappa shape index (κ1) is 36.0. The summed E-state index contributed by atoms with van der Waals surface area (Å²) in [6, 6.07) is 10.9. The first-order valence-corrected chi connectivity index (χ1v) is 16.0. The fraction of sp³-hybridized carbons (Fsp3) is 0.265. The van der Waals surface area contributed by atoms with E-state index in [0.717, 1.165) is 17.7 Å². The van der Waals surface area contributed by atoms with Crippen LogP contribution in [0, 0.1) is 12.7 Å². The first-order valence-electron chi connectivity index (χ1n) is 15.3. The van der Waals surface area contributed by atoms with Gasteiger partial charge in [-0.25, -0.2) is 14.0 Å². The minimum Gasteiger partial charge on any atom is -0.491 e.